The molecule has 0 aromatic heterocycles. The van der Waals surface area contributed by atoms with Crippen LogP contribution in [0.5, 0.6) is 0 Å². The molecule has 0 saturated heterocycles. The molecular formula is C31H36ClN5O5S. The largest absolute Gasteiger partial charge is 0.341 e. The fraction of sp³-hybridized carbons (Fsp3) is 0.355. The summed E-state index contributed by atoms with van der Waals surface area (Å²) in [7, 11) is -2.10. The van der Waals surface area contributed by atoms with Gasteiger partial charge in [0.15, 0.2) is 9.84 Å². The molecule has 0 saturated carbocycles. The van der Waals surface area contributed by atoms with Gasteiger partial charge in [-0.15, -0.1) is 12.4 Å². The number of nitrogens with zero attached hydrogens (tertiary/aromatic N) is 3. The standard InChI is InChI=1S/C31H35N5O5S.ClH/c1-6-25(33-4)30(38)34-29-20(3)36(28(37)18-42(5,40)41)27-15-21(16-32)12-14-26(27)35(31(29)39)17-24-19(2)11-13-22-9-7-8-10-23(22)24;/h7-15,20,25,29,33H,6,17-18H2,1-5H3,(H,34,38);1H/t20-,25?,29-;/m0./s1. The highest BCUT2D eigenvalue weighted by Crippen LogP contribution is 2.38. The Morgan fingerprint density at radius 3 is 2.42 bits per heavy atom. The Morgan fingerprint density at radius 1 is 1.09 bits per heavy atom. The van der Waals surface area contributed by atoms with E-state index in [1.165, 1.54) is 15.9 Å². The Morgan fingerprint density at radius 2 is 1.79 bits per heavy atom. The topological polar surface area (TPSA) is 140 Å². The monoisotopic (exact) mass is 625 g/mol. The van der Waals surface area contributed by atoms with E-state index >= 15 is 0 Å². The molecule has 0 aliphatic carbocycles. The highest BCUT2D eigenvalue weighted by atomic mass is 35.5. The number of nitriles is 1. The number of benzene rings is 3. The predicted octanol–water partition coefficient (Wildman–Crippen LogP) is 3.24. The molecule has 0 bridgehead atoms. The third-order valence-corrected chi connectivity index (χ3v) is 8.46. The van der Waals surface area contributed by atoms with Crippen molar-refractivity contribution in [2.24, 2.45) is 0 Å². The molecule has 1 aliphatic heterocycles. The van der Waals surface area contributed by atoms with Crippen LogP contribution in [0.4, 0.5) is 11.4 Å². The van der Waals surface area contributed by atoms with Crippen LogP contribution in [0.15, 0.2) is 54.6 Å². The minimum absolute atomic E-state index is 0. The molecule has 228 valence electrons. The second-order valence-electron chi connectivity index (χ2n) is 10.6. The van der Waals surface area contributed by atoms with Crippen molar-refractivity contribution in [2.45, 2.75) is 51.9 Å². The molecule has 0 radical (unpaired) electrons. The van der Waals surface area contributed by atoms with Crippen molar-refractivity contribution in [1.82, 2.24) is 10.6 Å². The number of halogens is 1. The van der Waals surface area contributed by atoms with Gasteiger partial charge in [0.25, 0.3) is 5.91 Å². The summed E-state index contributed by atoms with van der Waals surface area (Å²) in [6.45, 7) is 5.49. The van der Waals surface area contributed by atoms with Gasteiger partial charge in [0.1, 0.15) is 11.8 Å². The maximum absolute atomic E-state index is 14.5. The molecule has 3 amide bonds. The highest BCUT2D eigenvalue weighted by molar-refractivity contribution is 7.91. The number of aryl methyl sites for hydroxylation is 1. The second-order valence-corrected chi connectivity index (χ2v) is 12.8. The van der Waals surface area contributed by atoms with Crippen LogP contribution in [-0.4, -0.2) is 63.3 Å². The van der Waals surface area contributed by atoms with Crippen LogP contribution in [-0.2, 0) is 30.8 Å². The van der Waals surface area contributed by atoms with Crippen LogP contribution in [0.1, 0.15) is 37.0 Å². The Balaban J connectivity index is 0.00000506. The fourth-order valence-corrected chi connectivity index (χ4v) is 6.05. The molecule has 12 heteroatoms. The summed E-state index contributed by atoms with van der Waals surface area (Å²) in [6, 6.07) is 15.7. The molecular weight excluding hydrogens is 590 g/mol. The first-order valence-corrected chi connectivity index (χ1v) is 15.8. The van der Waals surface area contributed by atoms with E-state index in [-0.39, 0.29) is 30.2 Å². The maximum atomic E-state index is 14.5. The molecule has 10 nitrogen and oxygen atoms in total. The van der Waals surface area contributed by atoms with Crippen molar-refractivity contribution < 1.29 is 22.8 Å². The van der Waals surface area contributed by atoms with Gasteiger partial charge in [-0.05, 0) is 67.4 Å². The van der Waals surface area contributed by atoms with Crippen LogP contribution in [0.25, 0.3) is 10.8 Å². The minimum atomic E-state index is -3.75. The molecule has 3 aromatic carbocycles. The van der Waals surface area contributed by atoms with Crippen LogP contribution in [0.2, 0.25) is 0 Å². The summed E-state index contributed by atoms with van der Waals surface area (Å²) >= 11 is 0. The number of amides is 3. The van der Waals surface area contributed by atoms with Crippen molar-refractivity contribution in [3.8, 4) is 6.07 Å². The number of likely N-dealkylation sites (N-methyl/N-ethyl adjacent to an activating group) is 1. The summed E-state index contributed by atoms with van der Waals surface area (Å²) in [4.78, 5) is 44.1. The molecule has 1 heterocycles. The zero-order chi connectivity index (χ0) is 30.8. The number of carbonyl (C=O) groups excluding carboxylic acids is 3. The first kappa shape index (κ1) is 33.5. The van der Waals surface area contributed by atoms with E-state index in [1.54, 1.807) is 26.1 Å². The van der Waals surface area contributed by atoms with Gasteiger partial charge in [0.2, 0.25) is 11.8 Å². The lowest BCUT2D eigenvalue weighted by molar-refractivity contribution is -0.129. The molecule has 1 unspecified atom stereocenters. The Bertz CT molecular complexity index is 1700. The number of nitrogens with one attached hydrogen (secondary N) is 2. The van der Waals surface area contributed by atoms with Gasteiger partial charge in [-0.3, -0.25) is 14.4 Å². The lowest BCUT2D eigenvalue weighted by atomic mass is 9.98. The summed E-state index contributed by atoms with van der Waals surface area (Å²) < 4.78 is 24.4. The number of hydrogen-bond donors (Lipinski definition) is 2. The fourth-order valence-electron chi connectivity index (χ4n) is 5.46. The molecule has 3 aromatic rings. The minimum Gasteiger partial charge on any atom is -0.341 e. The molecule has 0 spiro atoms. The lowest BCUT2D eigenvalue weighted by Crippen LogP contribution is -2.60. The van der Waals surface area contributed by atoms with Gasteiger partial charge < -0.3 is 20.4 Å². The average molecular weight is 626 g/mol. The predicted molar refractivity (Wildman–Crippen MR) is 170 cm³/mol. The Hall–Kier alpha value is -3.98. The van der Waals surface area contributed by atoms with Gasteiger partial charge in [-0.25, -0.2) is 8.42 Å². The number of fused-ring (bicyclic) bond motifs is 2. The number of sulfone groups is 1. The SMILES string of the molecule is CCC(NC)C(=O)N[C@@H]1C(=O)N(Cc2c(C)ccc3ccccc23)c2ccc(C#N)cc2N(C(=O)CS(C)(=O)=O)[C@H]1C.Cl. The van der Waals surface area contributed by atoms with E-state index in [4.69, 9.17) is 0 Å². The van der Waals surface area contributed by atoms with Gasteiger partial charge in [0, 0.05) is 6.26 Å². The van der Waals surface area contributed by atoms with Gasteiger partial charge in [0.05, 0.1) is 41.6 Å². The summed E-state index contributed by atoms with van der Waals surface area (Å²) in [5.74, 6) is -2.46. The van der Waals surface area contributed by atoms with Crippen LogP contribution >= 0.6 is 12.4 Å². The van der Waals surface area contributed by atoms with Gasteiger partial charge in [-0.2, -0.15) is 5.26 Å². The molecule has 0 fully saturated rings. The van der Waals surface area contributed by atoms with E-state index in [9.17, 15) is 28.1 Å². The van der Waals surface area contributed by atoms with E-state index in [0.29, 0.717) is 12.1 Å². The van der Waals surface area contributed by atoms with Crippen LogP contribution < -0.4 is 20.4 Å². The number of carbonyl (C=O) groups is 3. The first-order chi connectivity index (χ1) is 19.9. The van der Waals surface area contributed by atoms with Crippen molar-refractivity contribution in [1.29, 1.82) is 5.26 Å². The Kier molecular flexibility index (Phi) is 10.6. The third-order valence-electron chi connectivity index (χ3n) is 7.69. The number of anilines is 2. The molecule has 4 rings (SSSR count). The van der Waals surface area contributed by atoms with Crippen LogP contribution in [0.3, 0.4) is 0 Å². The average Bonchev–Trinajstić information content (AvgIpc) is 3.02. The van der Waals surface area contributed by atoms with Crippen molar-refractivity contribution in [3.63, 3.8) is 0 Å². The van der Waals surface area contributed by atoms with Gasteiger partial charge in [-0.1, -0.05) is 43.3 Å². The van der Waals surface area contributed by atoms with E-state index in [1.807, 2.05) is 50.2 Å². The first-order valence-electron chi connectivity index (χ1n) is 13.7. The van der Waals surface area contributed by atoms with E-state index in [2.05, 4.69) is 16.7 Å². The number of rotatable bonds is 8. The lowest BCUT2D eigenvalue weighted by Gasteiger charge is -2.33. The van der Waals surface area contributed by atoms with Crippen molar-refractivity contribution >= 4 is 62.1 Å². The Labute approximate surface area is 258 Å². The normalized spacial score (nSPS) is 17.3. The van der Waals surface area contributed by atoms with Crippen molar-refractivity contribution in [2.75, 3.05) is 28.9 Å². The van der Waals surface area contributed by atoms with Crippen molar-refractivity contribution in [3.05, 3.63) is 71.3 Å². The zero-order valence-corrected chi connectivity index (χ0v) is 26.4. The maximum Gasteiger partial charge on any atom is 0.252 e. The molecule has 3 atom stereocenters. The van der Waals surface area contributed by atoms with E-state index < -0.39 is 51.4 Å². The van der Waals surface area contributed by atoms with Gasteiger partial charge >= 0.3 is 0 Å². The molecule has 1 aliphatic rings. The quantitative estimate of drug-likeness (QED) is 0.392. The van der Waals surface area contributed by atoms with Crippen LogP contribution in [0, 0.1) is 18.3 Å². The number of hydrogen-bond acceptors (Lipinski definition) is 7. The smallest absolute Gasteiger partial charge is 0.252 e. The summed E-state index contributed by atoms with van der Waals surface area (Å²) in [6.07, 6.45) is 1.41. The van der Waals surface area contributed by atoms with E-state index in [0.717, 1.165) is 28.2 Å². The molecule has 43 heavy (non-hydrogen) atoms. The third kappa shape index (κ3) is 6.99. The summed E-state index contributed by atoms with van der Waals surface area (Å²) in [5.41, 5.74) is 2.61. The molecule has 2 N–H and O–H groups in total. The highest BCUT2D eigenvalue weighted by Gasteiger charge is 2.43. The summed E-state index contributed by atoms with van der Waals surface area (Å²) in [5, 5.41) is 17.4. The second kappa shape index (κ2) is 13.5. The zero-order valence-electron chi connectivity index (χ0n) is 24.7.